The summed E-state index contributed by atoms with van der Waals surface area (Å²) in [4.78, 5) is 28.4. The van der Waals surface area contributed by atoms with E-state index in [9.17, 15) is 14.9 Å². The Morgan fingerprint density at radius 2 is 2.24 bits per heavy atom. The van der Waals surface area contributed by atoms with Crippen molar-refractivity contribution >= 4 is 23.3 Å². The van der Waals surface area contributed by atoms with Gasteiger partial charge in [0.2, 0.25) is 0 Å². The van der Waals surface area contributed by atoms with Crippen LogP contribution in [0.15, 0.2) is 29.5 Å². The summed E-state index contributed by atoms with van der Waals surface area (Å²) in [6, 6.07) is 7.62. The number of anilines is 2. The average molecular weight is 398 g/mol. The number of hydrogen-bond acceptors (Lipinski definition) is 7. The molecule has 2 N–H and O–H groups in total. The second-order valence-corrected chi connectivity index (χ2v) is 7.46. The number of aliphatic hydroxyl groups is 1. The molecule has 0 aliphatic carbocycles. The molecule has 1 saturated heterocycles. The number of amides is 1. The highest BCUT2D eigenvalue weighted by atomic mass is 16.5. The number of hydrogen-bond donors (Lipinski definition) is 2. The molecular formula is C21H26N4O4. The van der Waals surface area contributed by atoms with Gasteiger partial charge in [0.05, 0.1) is 37.1 Å². The lowest BCUT2D eigenvalue weighted by atomic mass is 9.99. The fourth-order valence-electron chi connectivity index (χ4n) is 3.88. The van der Waals surface area contributed by atoms with Gasteiger partial charge in [0.25, 0.3) is 5.91 Å². The van der Waals surface area contributed by atoms with E-state index in [0.717, 1.165) is 25.2 Å². The van der Waals surface area contributed by atoms with Gasteiger partial charge in [-0.1, -0.05) is 6.92 Å². The molecule has 8 heteroatoms. The molecule has 0 aromatic heterocycles. The Morgan fingerprint density at radius 3 is 2.90 bits per heavy atom. The van der Waals surface area contributed by atoms with Crippen LogP contribution in [0.4, 0.5) is 11.4 Å². The Balaban J connectivity index is 1.87. The highest BCUT2D eigenvalue weighted by Crippen LogP contribution is 2.30. The molecule has 2 heterocycles. The van der Waals surface area contributed by atoms with Crippen molar-refractivity contribution in [1.29, 1.82) is 5.26 Å². The third-order valence-electron chi connectivity index (χ3n) is 5.34. The zero-order valence-corrected chi connectivity index (χ0v) is 16.8. The van der Waals surface area contributed by atoms with Crippen LogP contribution in [-0.4, -0.2) is 61.8 Å². The molecule has 154 valence electrons. The van der Waals surface area contributed by atoms with Gasteiger partial charge in [-0.05, 0) is 37.0 Å². The maximum absolute atomic E-state index is 12.6. The fourth-order valence-corrected chi connectivity index (χ4v) is 3.88. The number of carbonyl (C=O) groups is 2. The number of ether oxygens (including phenoxy) is 1. The van der Waals surface area contributed by atoms with Crippen LogP contribution >= 0.6 is 0 Å². The molecule has 0 saturated carbocycles. The van der Waals surface area contributed by atoms with Crippen molar-refractivity contribution in [2.24, 2.45) is 5.92 Å². The van der Waals surface area contributed by atoms with E-state index in [2.05, 4.69) is 23.2 Å². The number of benzene rings is 1. The summed E-state index contributed by atoms with van der Waals surface area (Å²) in [5.74, 6) is -0.401. The van der Waals surface area contributed by atoms with Crippen LogP contribution in [-0.2, 0) is 14.3 Å². The molecule has 1 fully saturated rings. The number of piperidine rings is 1. The van der Waals surface area contributed by atoms with Gasteiger partial charge in [-0.3, -0.25) is 4.79 Å². The minimum atomic E-state index is -0.597. The van der Waals surface area contributed by atoms with E-state index in [1.807, 2.05) is 6.07 Å². The number of nitrogens with zero attached hydrogens (tertiary/aromatic N) is 3. The van der Waals surface area contributed by atoms with Crippen molar-refractivity contribution in [2.45, 2.75) is 19.8 Å². The molecule has 8 nitrogen and oxygen atoms in total. The Morgan fingerprint density at radius 1 is 1.45 bits per heavy atom. The topological polar surface area (TPSA) is 106 Å². The monoisotopic (exact) mass is 398 g/mol. The van der Waals surface area contributed by atoms with E-state index in [-0.39, 0.29) is 36.9 Å². The third-order valence-corrected chi connectivity index (χ3v) is 5.34. The van der Waals surface area contributed by atoms with Crippen LogP contribution in [0.2, 0.25) is 0 Å². The molecule has 2 aliphatic rings. The summed E-state index contributed by atoms with van der Waals surface area (Å²) in [5, 5.41) is 21.8. The molecule has 1 amide bonds. The molecule has 0 radical (unpaired) electrons. The number of methoxy groups -OCH3 is 1. The molecule has 3 rings (SSSR count). The Kier molecular flexibility index (Phi) is 6.39. The summed E-state index contributed by atoms with van der Waals surface area (Å²) in [6.45, 7) is 4.03. The highest BCUT2D eigenvalue weighted by molar-refractivity contribution is 6.08. The summed E-state index contributed by atoms with van der Waals surface area (Å²) >= 11 is 0. The SMILES string of the molecule is COC(=O)C1=C(Nc2ccc(N3CCCC(C)C3)c(C#N)c2)C(=O)N(CCO)C1. The van der Waals surface area contributed by atoms with Crippen molar-refractivity contribution in [3.63, 3.8) is 0 Å². The Bertz CT molecular complexity index is 874. The number of aliphatic hydroxyl groups excluding tert-OH is 1. The minimum absolute atomic E-state index is 0.0727. The molecule has 0 bridgehead atoms. The zero-order chi connectivity index (χ0) is 21.0. The summed E-state index contributed by atoms with van der Waals surface area (Å²) in [7, 11) is 1.26. The first-order valence-corrected chi connectivity index (χ1v) is 9.76. The lowest BCUT2D eigenvalue weighted by Crippen LogP contribution is -2.34. The van der Waals surface area contributed by atoms with Crippen LogP contribution in [0.5, 0.6) is 0 Å². The molecule has 1 atom stereocenters. The quantitative estimate of drug-likeness (QED) is 0.699. The maximum atomic E-state index is 12.6. The molecule has 1 aromatic rings. The van der Waals surface area contributed by atoms with E-state index < -0.39 is 5.97 Å². The fraction of sp³-hybridized carbons (Fsp3) is 0.476. The lowest BCUT2D eigenvalue weighted by molar-refractivity contribution is -0.136. The van der Waals surface area contributed by atoms with E-state index in [1.165, 1.54) is 18.4 Å². The van der Waals surface area contributed by atoms with Crippen molar-refractivity contribution in [1.82, 2.24) is 4.90 Å². The van der Waals surface area contributed by atoms with Crippen LogP contribution in [0, 0.1) is 17.2 Å². The van der Waals surface area contributed by atoms with Gasteiger partial charge in [0.1, 0.15) is 11.8 Å². The van der Waals surface area contributed by atoms with Crippen molar-refractivity contribution in [3.8, 4) is 6.07 Å². The van der Waals surface area contributed by atoms with Gasteiger partial charge in [-0.2, -0.15) is 5.26 Å². The number of esters is 1. The van der Waals surface area contributed by atoms with Gasteiger partial charge in [-0.15, -0.1) is 0 Å². The van der Waals surface area contributed by atoms with Gasteiger partial charge >= 0.3 is 5.97 Å². The van der Waals surface area contributed by atoms with Gasteiger partial charge in [0, 0.05) is 25.3 Å². The van der Waals surface area contributed by atoms with E-state index in [0.29, 0.717) is 17.2 Å². The molecular weight excluding hydrogens is 372 g/mol. The molecule has 29 heavy (non-hydrogen) atoms. The first kappa shape index (κ1) is 20.7. The van der Waals surface area contributed by atoms with Crippen LogP contribution in [0.3, 0.4) is 0 Å². The predicted octanol–water partition coefficient (Wildman–Crippen LogP) is 1.47. The number of nitriles is 1. The highest BCUT2D eigenvalue weighted by Gasteiger charge is 2.34. The number of rotatable bonds is 6. The number of β-amino-alcohol motifs (C(OH)–C–C–N with tert-alkyl or cyclic N) is 1. The molecule has 1 aromatic carbocycles. The average Bonchev–Trinajstić information content (AvgIpc) is 3.03. The minimum Gasteiger partial charge on any atom is -0.466 e. The Labute approximate surface area is 170 Å². The predicted molar refractivity (Wildman–Crippen MR) is 108 cm³/mol. The van der Waals surface area contributed by atoms with Crippen LogP contribution < -0.4 is 10.2 Å². The molecule has 1 unspecified atom stereocenters. The number of carbonyl (C=O) groups excluding carboxylic acids is 2. The summed E-state index contributed by atoms with van der Waals surface area (Å²) < 4.78 is 4.79. The second-order valence-electron chi connectivity index (χ2n) is 7.46. The normalized spacial score (nSPS) is 19.4. The van der Waals surface area contributed by atoms with Crippen LogP contribution in [0.25, 0.3) is 0 Å². The maximum Gasteiger partial charge on any atom is 0.337 e. The van der Waals surface area contributed by atoms with Crippen molar-refractivity contribution in [3.05, 3.63) is 35.0 Å². The van der Waals surface area contributed by atoms with E-state index >= 15 is 0 Å². The van der Waals surface area contributed by atoms with Gasteiger partial charge in [0.15, 0.2) is 0 Å². The summed E-state index contributed by atoms with van der Waals surface area (Å²) in [5.41, 5.74) is 2.27. The van der Waals surface area contributed by atoms with E-state index in [4.69, 9.17) is 9.84 Å². The van der Waals surface area contributed by atoms with Crippen molar-refractivity contribution < 1.29 is 19.4 Å². The smallest absolute Gasteiger partial charge is 0.337 e. The lowest BCUT2D eigenvalue weighted by Gasteiger charge is -2.33. The largest absolute Gasteiger partial charge is 0.466 e. The molecule has 0 spiro atoms. The van der Waals surface area contributed by atoms with Gasteiger partial charge in [-0.25, -0.2) is 4.79 Å². The third kappa shape index (κ3) is 4.35. The first-order chi connectivity index (χ1) is 14.0. The molecule has 2 aliphatic heterocycles. The van der Waals surface area contributed by atoms with Crippen molar-refractivity contribution in [2.75, 3.05) is 50.1 Å². The summed E-state index contributed by atoms with van der Waals surface area (Å²) in [6.07, 6.45) is 2.28. The Hall–Kier alpha value is -3.05. The number of nitrogens with one attached hydrogen (secondary N) is 1. The second kappa shape index (κ2) is 8.97. The van der Waals surface area contributed by atoms with E-state index in [1.54, 1.807) is 12.1 Å². The van der Waals surface area contributed by atoms with Crippen LogP contribution in [0.1, 0.15) is 25.3 Å². The first-order valence-electron chi connectivity index (χ1n) is 9.76. The van der Waals surface area contributed by atoms with Gasteiger partial charge < -0.3 is 25.0 Å². The zero-order valence-electron chi connectivity index (χ0n) is 16.8. The standard InChI is InChI=1S/C21H26N4O4/c1-14-4-3-7-24(12-14)18-6-5-16(10-15(18)11-22)23-19-17(21(28)29-2)13-25(8-9-26)20(19)27/h5-6,10,14,23,26H,3-4,7-9,12-13H2,1-2H3.